The molecule has 0 aliphatic heterocycles. The minimum Gasteiger partial charge on any atom is -0.466 e. The number of nitrogens with two attached hydrogens (primary N) is 1. The highest BCUT2D eigenvalue weighted by atomic mass is 79.9. The second-order valence-electron chi connectivity index (χ2n) is 6.48. The molecule has 1 atom stereocenters. The number of rotatable bonds is 5. The number of carbonyl (C=O) groups excluding carboxylic acids is 2. The third-order valence-electron chi connectivity index (χ3n) is 4.60. The zero-order valence-electron chi connectivity index (χ0n) is 14.6. The lowest BCUT2D eigenvalue weighted by atomic mass is 9.85. The Morgan fingerprint density at radius 3 is 2.32 bits per heavy atom. The highest BCUT2D eigenvalue weighted by Gasteiger charge is 2.34. The number of hydrogen-bond acceptors (Lipinski definition) is 4. The second-order valence-corrected chi connectivity index (χ2v) is 7.40. The van der Waals surface area contributed by atoms with Crippen LogP contribution in [0.15, 0.2) is 28.7 Å². The third kappa shape index (κ3) is 5.69. The number of nitrogens with one attached hydrogen (secondary N) is 1. The number of hydrogen-bond donors (Lipinski definition) is 2. The first-order chi connectivity index (χ1) is 11.3. The van der Waals surface area contributed by atoms with Crippen LogP contribution in [0, 0.1) is 5.92 Å². The van der Waals surface area contributed by atoms with E-state index in [2.05, 4.69) is 21.2 Å². The first kappa shape index (κ1) is 21.9. The Hall–Kier alpha value is -1.11. The van der Waals surface area contributed by atoms with Crippen molar-refractivity contribution in [1.29, 1.82) is 0 Å². The maximum absolute atomic E-state index is 12.6. The highest BCUT2D eigenvalue weighted by Crippen LogP contribution is 2.27. The number of carbonyl (C=O) groups is 2. The average Bonchev–Trinajstić information content (AvgIpc) is 2.56. The number of amides is 1. The fourth-order valence-electron chi connectivity index (χ4n) is 3.00. The van der Waals surface area contributed by atoms with Crippen molar-refractivity contribution in [1.82, 2.24) is 5.32 Å². The van der Waals surface area contributed by atoms with Gasteiger partial charge in [-0.3, -0.25) is 9.59 Å². The summed E-state index contributed by atoms with van der Waals surface area (Å²) in [5.41, 5.74) is 5.94. The second kappa shape index (κ2) is 9.55. The summed E-state index contributed by atoms with van der Waals surface area (Å²) >= 11 is 3.38. The predicted molar refractivity (Wildman–Crippen MR) is 103 cm³/mol. The molecule has 1 saturated carbocycles. The van der Waals surface area contributed by atoms with E-state index in [1.807, 2.05) is 31.2 Å². The van der Waals surface area contributed by atoms with Crippen molar-refractivity contribution in [3.63, 3.8) is 0 Å². The summed E-state index contributed by atoms with van der Waals surface area (Å²) < 4.78 is 6.01. The van der Waals surface area contributed by atoms with E-state index < -0.39 is 5.54 Å². The molecule has 0 spiro atoms. The molecule has 1 aliphatic rings. The zero-order valence-corrected chi connectivity index (χ0v) is 17.0. The molecule has 0 saturated heterocycles. The standard InChI is InChI=1S/C18H25BrN2O3.ClH/c1-3-24-16(22)12-4-10-15(11-5-12)21-17(23)18(2,20)13-6-8-14(19)9-7-13;/h6-9,12,15H,3-5,10-11,20H2,1-2H3,(H,21,23);1H. The molecule has 3 N–H and O–H groups in total. The van der Waals surface area contributed by atoms with Gasteiger partial charge in [-0.05, 0) is 57.2 Å². The summed E-state index contributed by atoms with van der Waals surface area (Å²) in [6, 6.07) is 7.50. The lowest BCUT2D eigenvalue weighted by molar-refractivity contribution is -0.149. The summed E-state index contributed by atoms with van der Waals surface area (Å²) in [6.07, 6.45) is 3.02. The van der Waals surface area contributed by atoms with Crippen LogP contribution in [0.2, 0.25) is 0 Å². The van der Waals surface area contributed by atoms with E-state index in [9.17, 15) is 9.59 Å². The van der Waals surface area contributed by atoms with Crippen LogP contribution in [0.25, 0.3) is 0 Å². The fourth-order valence-corrected chi connectivity index (χ4v) is 3.26. The fraction of sp³-hybridized carbons (Fsp3) is 0.556. The number of benzene rings is 1. The zero-order chi connectivity index (χ0) is 17.7. The normalized spacial score (nSPS) is 22.2. The molecule has 0 bridgehead atoms. The summed E-state index contributed by atoms with van der Waals surface area (Å²) in [7, 11) is 0. The van der Waals surface area contributed by atoms with Gasteiger partial charge in [0, 0.05) is 10.5 Å². The Kier molecular flexibility index (Phi) is 8.38. The van der Waals surface area contributed by atoms with E-state index in [-0.39, 0.29) is 36.2 Å². The molecule has 0 radical (unpaired) electrons. The van der Waals surface area contributed by atoms with E-state index in [4.69, 9.17) is 10.5 Å². The summed E-state index contributed by atoms with van der Waals surface area (Å²) in [4.78, 5) is 24.4. The molecule has 2 rings (SSSR count). The summed E-state index contributed by atoms with van der Waals surface area (Å²) in [5.74, 6) is -0.362. The number of esters is 1. The Balaban J connectivity index is 0.00000312. The Labute approximate surface area is 163 Å². The van der Waals surface area contributed by atoms with Gasteiger partial charge in [0.05, 0.1) is 12.5 Å². The first-order valence-electron chi connectivity index (χ1n) is 8.37. The van der Waals surface area contributed by atoms with E-state index in [0.29, 0.717) is 6.61 Å². The first-order valence-corrected chi connectivity index (χ1v) is 9.16. The minimum atomic E-state index is -1.08. The molecular weight excluding hydrogens is 408 g/mol. The van der Waals surface area contributed by atoms with Gasteiger partial charge in [-0.2, -0.15) is 0 Å². The predicted octanol–water partition coefficient (Wildman–Crippen LogP) is 3.28. The lowest BCUT2D eigenvalue weighted by Crippen LogP contribution is -2.52. The van der Waals surface area contributed by atoms with E-state index >= 15 is 0 Å². The molecule has 1 aliphatic carbocycles. The molecule has 1 aromatic carbocycles. The van der Waals surface area contributed by atoms with Gasteiger partial charge in [-0.1, -0.05) is 28.1 Å². The van der Waals surface area contributed by atoms with Crippen LogP contribution in [0.1, 0.15) is 45.1 Å². The van der Waals surface area contributed by atoms with E-state index in [1.165, 1.54) is 0 Å². The van der Waals surface area contributed by atoms with Gasteiger partial charge in [0.2, 0.25) is 5.91 Å². The van der Waals surface area contributed by atoms with Crippen molar-refractivity contribution < 1.29 is 14.3 Å². The van der Waals surface area contributed by atoms with Gasteiger partial charge in [-0.25, -0.2) is 0 Å². The molecule has 1 fully saturated rings. The number of halogens is 2. The third-order valence-corrected chi connectivity index (χ3v) is 5.13. The summed E-state index contributed by atoms with van der Waals surface area (Å²) in [6.45, 7) is 3.94. The molecule has 0 heterocycles. The lowest BCUT2D eigenvalue weighted by Gasteiger charge is -2.31. The topological polar surface area (TPSA) is 81.4 Å². The maximum Gasteiger partial charge on any atom is 0.308 e. The SMILES string of the molecule is CCOC(=O)C1CCC(NC(=O)C(C)(N)c2ccc(Br)cc2)CC1.Cl. The van der Waals surface area contributed by atoms with Gasteiger partial charge >= 0.3 is 5.97 Å². The summed E-state index contributed by atoms with van der Waals surface area (Å²) in [5, 5.41) is 3.04. The van der Waals surface area contributed by atoms with Crippen molar-refractivity contribution in [3.8, 4) is 0 Å². The van der Waals surface area contributed by atoms with Crippen molar-refractivity contribution in [2.24, 2.45) is 11.7 Å². The van der Waals surface area contributed by atoms with Gasteiger partial charge < -0.3 is 15.8 Å². The molecule has 7 heteroatoms. The minimum absolute atomic E-state index is 0. The molecular formula is C18H26BrClN2O3. The molecule has 1 unspecified atom stereocenters. The van der Waals surface area contributed by atoms with Crippen LogP contribution in [-0.4, -0.2) is 24.5 Å². The van der Waals surface area contributed by atoms with Crippen LogP contribution in [0.5, 0.6) is 0 Å². The molecule has 0 aromatic heterocycles. The molecule has 140 valence electrons. The van der Waals surface area contributed by atoms with Crippen molar-refractivity contribution >= 4 is 40.2 Å². The molecule has 5 nitrogen and oxygen atoms in total. The molecule has 1 amide bonds. The molecule has 25 heavy (non-hydrogen) atoms. The van der Waals surface area contributed by atoms with Crippen molar-refractivity contribution in [3.05, 3.63) is 34.3 Å². The molecule has 1 aromatic rings. The Morgan fingerprint density at radius 2 is 1.80 bits per heavy atom. The van der Waals surface area contributed by atoms with Gasteiger partial charge in [0.1, 0.15) is 5.54 Å². The monoisotopic (exact) mass is 432 g/mol. The average molecular weight is 434 g/mol. The van der Waals surface area contributed by atoms with E-state index in [0.717, 1.165) is 35.7 Å². The quantitative estimate of drug-likeness (QED) is 0.698. The van der Waals surface area contributed by atoms with Crippen molar-refractivity contribution in [2.75, 3.05) is 6.61 Å². The van der Waals surface area contributed by atoms with Crippen molar-refractivity contribution in [2.45, 2.75) is 51.1 Å². The van der Waals surface area contributed by atoms with Crippen LogP contribution in [0.4, 0.5) is 0 Å². The van der Waals surface area contributed by atoms with Crippen LogP contribution in [0.3, 0.4) is 0 Å². The highest BCUT2D eigenvalue weighted by molar-refractivity contribution is 9.10. The van der Waals surface area contributed by atoms with Crippen LogP contribution >= 0.6 is 28.3 Å². The van der Waals surface area contributed by atoms with Gasteiger partial charge in [0.15, 0.2) is 0 Å². The Bertz CT molecular complexity index is 584. The van der Waals surface area contributed by atoms with Gasteiger partial charge in [0.25, 0.3) is 0 Å². The van der Waals surface area contributed by atoms with Crippen LogP contribution < -0.4 is 11.1 Å². The largest absolute Gasteiger partial charge is 0.466 e. The Morgan fingerprint density at radius 1 is 1.24 bits per heavy atom. The van der Waals surface area contributed by atoms with Crippen LogP contribution in [-0.2, 0) is 19.9 Å². The number of ether oxygens (including phenoxy) is 1. The smallest absolute Gasteiger partial charge is 0.308 e. The maximum atomic E-state index is 12.6. The van der Waals surface area contributed by atoms with Gasteiger partial charge in [-0.15, -0.1) is 12.4 Å². The van der Waals surface area contributed by atoms with E-state index in [1.54, 1.807) is 6.92 Å².